The number of aliphatic hydroxyl groups excluding tert-OH is 1. The second-order valence-corrected chi connectivity index (χ2v) is 7.33. The molecule has 0 aliphatic carbocycles. The van der Waals surface area contributed by atoms with Gasteiger partial charge in [0, 0.05) is 37.9 Å². The number of anilines is 2. The Balaban J connectivity index is 2.01. The number of aromatic nitrogens is 3. The highest BCUT2D eigenvalue weighted by Gasteiger charge is 2.18. The molecule has 3 heterocycles. The van der Waals surface area contributed by atoms with Gasteiger partial charge in [0.15, 0.2) is 0 Å². The normalized spacial score (nSPS) is 11.8. The number of aromatic amines is 1. The van der Waals surface area contributed by atoms with Crippen LogP contribution in [0.5, 0.6) is 0 Å². The molecular weight excluding hydrogens is 310 g/mol. The van der Waals surface area contributed by atoms with Crippen molar-refractivity contribution in [2.24, 2.45) is 5.41 Å². The van der Waals surface area contributed by atoms with E-state index < -0.39 is 0 Å². The van der Waals surface area contributed by atoms with E-state index in [0.29, 0.717) is 6.54 Å². The van der Waals surface area contributed by atoms with Crippen molar-refractivity contribution in [1.82, 2.24) is 15.2 Å². The van der Waals surface area contributed by atoms with Gasteiger partial charge in [-0.1, -0.05) is 13.8 Å². The monoisotopic (exact) mass is 331 g/mol. The van der Waals surface area contributed by atoms with Crippen LogP contribution in [-0.4, -0.2) is 40.5 Å². The van der Waals surface area contributed by atoms with Gasteiger partial charge in [-0.25, -0.2) is 4.98 Å². The van der Waals surface area contributed by atoms with Crippen molar-refractivity contribution in [2.75, 3.05) is 30.8 Å². The number of pyridine rings is 1. The summed E-state index contributed by atoms with van der Waals surface area (Å²) in [7, 11) is 1.86. The number of fused-ring (bicyclic) bond motifs is 1. The Morgan fingerprint density at radius 2 is 2.17 bits per heavy atom. The standard InChI is InChI=1S/C16H21N5OS/c1-16(2,9-22)8-18-11-7-14(17-3)20-12-6-13(23-15(11)12)10-4-5-19-21-10/h4-7,22H,8-9H2,1-3H3,(H,19,21)(H2,17,18,20). The quantitative estimate of drug-likeness (QED) is 0.557. The van der Waals surface area contributed by atoms with Gasteiger partial charge in [-0.2, -0.15) is 5.10 Å². The summed E-state index contributed by atoms with van der Waals surface area (Å²) in [6.07, 6.45) is 1.75. The third-order valence-electron chi connectivity index (χ3n) is 3.69. The van der Waals surface area contributed by atoms with Crippen molar-refractivity contribution in [2.45, 2.75) is 13.8 Å². The molecule has 6 nitrogen and oxygen atoms in total. The summed E-state index contributed by atoms with van der Waals surface area (Å²) in [6, 6.07) is 6.02. The van der Waals surface area contributed by atoms with Gasteiger partial charge in [-0.3, -0.25) is 5.10 Å². The number of hydrogen-bond donors (Lipinski definition) is 4. The zero-order chi connectivity index (χ0) is 16.4. The van der Waals surface area contributed by atoms with E-state index in [1.54, 1.807) is 17.5 Å². The lowest BCUT2D eigenvalue weighted by atomic mass is 9.95. The first-order valence-corrected chi connectivity index (χ1v) is 8.31. The van der Waals surface area contributed by atoms with Crippen LogP contribution < -0.4 is 10.6 Å². The molecule has 122 valence electrons. The summed E-state index contributed by atoms with van der Waals surface area (Å²) >= 11 is 1.67. The summed E-state index contributed by atoms with van der Waals surface area (Å²) in [5, 5.41) is 23.0. The van der Waals surface area contributed by atoms with Crippen LogP contribution in [0.15, 0.2) is 24.4 Å². The minimum Gasteiger partial charge on any atom is -0.396 e. The molecule has 0 fully saturated rings. The van der Waals surface area contributed by atoms with Crippen molar-refractivity contribution < 1.29 is 5.11 Å². The highest BCUT2D eigenvalue weighted by Crippen LogP contribution is 2.37. The molecule has 4 N–H and O–H groups in total. The Bertz CT molecular complexity index is 794. The zero-order valence-corrected chi connectivity index (χ0v) is 14.3. The molecule has 0 radical (unpaired) electrons. The van der Waals surface area contributed by atoms with E-state index in [9.17, 15) is 5.11 Å². The molecule has 0 aliphatic heterocycles. The molecule has 0 saturated carbocycles. The first-order valence-electron chi connectivity index (χ1n) is 7.49. The Morgan fingerprint density at radius 1 is 1.35 bits per heavy atom. The highest BCUT2D eigenvalue weighted by atomic mass is 32.1. The minimum absolute atomic E-state index is 0.136. The number of nitrogens with one attached hydrogen (secondary N) is 3. The van der Waals surface area contributed by atoms with Crippen LogP contribution in [0.1, 0.15) is 13.8 Å². The fourth-order valence-electron chi connectivity index (χ4n) is 2.20. The average molecular weight is 331 g/mol. The van der Waals surface area contributed by atoms with Crippen molar-refractivity contribution in [3.05, 3.63) is 24.4 Å². The fraction of sp³-hybridized carbons (Fsp3) is 0.375. The molecule has 0 aromatic carbocycles. The molecule has 0 aliphatic rings. The summed E-state index contributed by atoms with van der Waals surface area (Å²) in [6.45, 7) is 4.88. The Kier molecular flexibility index (Phi) is 4.23. The maximum Gasteiger partial charge on any atom is 0.128 e. The predicted octanol–water partition coefficient (Wildman–Crippen LogP) is 3.16. The van der Waals surface area contributed by atoms with E-state index in [0.717, 1.165) is 32.3 Å². The smallest absolute Gasteiger partial charge is 0.128 e. The van der Waals surface area contributed by atoms with Crippen molar-refractivity contribution in [1.29, 1.82) is 0 Å². The third-order valence-corrected chi connectivity index (χ3v) is 4.88. The lowest BCUT2D eigenvalue weighted by molar-refractivity contribution is 0.171. The molecular formula is C16H21N5OS. The summed E-state index contributed by atoms with van der Waals surface area (Å²) in [4.78, 5) is 5.72. The van der Waals surface area contributed by atoms with Gasteiger partial charge in [0.1, 0.15) is 5.82 Å². The van der Waals surface area contributed by atoms with Gasteiger partial charge in [0.2, 0.25) is 0 Å². The van der Waals surface area contributed by atoms with Crippen molar-refractivity contribution >= 4 is 33.1 Å². The molecule has 3 aromatic rings. The summed E-state index contributed by atoms with van der Waals surface area (Å²) < 4.78 is 1.10. The lowest BCUT2D eigenvalue weighted by Gasteiger charge is -2.23. The number of rotatable bonds is 6. The van der Waals surface area contributed by atoms with E-state index in [4.69, 9.17) is 0 Å². The molecule has 3 aromatic heterocycles. The molecule has 0 atom stereocenters. The molecule has 7 heteroatoms. The molecule has 0 amide bonds. The number of hydrogen-bond acceptors (Lipinski definition) is 6. The second-order valence-electron chi connectivity index (χ2n) is 6.28. The van der Waals surface area contributed by atoms with E-state index in [2.05, 4.69) is 31.9 Å². The second kappa shape index (κ2) is 6.17. The topological polar surface area (TPSA) is 85.9 Å². The largest absolute Gasteiger partial charge is 0.396 e. The molecule has 0 spiro atoms. The van der Waals surface area contributed by atoms with E-state index in [-0.39, 0.29) is 12.0 Å². The molecule has 0 unspecified atom stereocenters. The fourth-order valence-corrected chi connectivity index (χ4v) is 3.26. The number of aliphatic hydroxyl groups is 1. The van der Waals surface area contributed by atoms with Crippen LogP contribution in [0.2, 0.25) is 0 Å². The summed E-state index contributed by atoms with van der Waals surface area (Å²) in [5.41, 5.74) is 2.77. The maximum atomic E-state index is 9.44. The third kappa shape index (κ3) is 3.30. The number of nitrogens with zero attached hydrogens (tertiary/aromatic N) is 2. The van der Waals surface area contributed by atoms with Crippen molar-refractivity contribution in [3.63, 3.8) is 0 Å². The predicted molar refractivity (Wildman–Crippen MR) is 96.1 cm³/mol. The highest BCUT2D eigenvalue weighted by molar-refractivity contribution is 7.22. The van der Waals surface area contributed by atoms with Gasteiger partial charge >= 0.3 is 0 Å². The van der Waals surface area contributed by atoms with Gasteiger partial charge in [0.05, 0.1) is 26.5 Å². The van der Waals surface area contributed by atoms with E-state index in [1.807, 2.05) is 33.0 Å². The van der Waals surface area contributed by atoms with Crippen LogP contribution in [0.4, 0.5) is 11.5 Å². The van der Waals surface area contributed by atoms with Gasteiger partial charge in [-0.05, 0) is 12.1 Å². The van der Waals surface area contributed by atoms with Gasteiger partial charge < -0.3 is 15.7 Å². The average Bonchev–Trinajstić information content (AvgIpc) is 3.21. The van der Waals surface area contributed by atoms with Crippen LogP contribution in [-0.2, 0) is 0 Å². The number of thiophene rings is 1. The zero-order valence-electron chi connectivity index (χ0n) is 13.5. The minimum atomic E-state index is -0.182. The SMILES string of the molecule is CNc1cc(NCC(C)(C)CO)c2sc(-c3ccn[nH]3)cc2n1. The summed E-state index contributed by atoms with van der Waals surface area (Å²) in [5.74, 6) is 0.816. The van der Waals surface area contributed by atoms with Crippen LogP contribution in [0.25, 0.3) is 20.8 Å². The molecule has 3 rings (SSSR count). The maximum absolute atomic E-state index is 9.44. The Morgan fingerprint density at radius 3 is 2.83 bits per heavy atom. The van der Waals surface area contributed by atoms with Gasteiger partial charge in [-0.15, -0.1) is 11.3 Å². The van der Waals surface area contributed by atoms with Crippen LogP contribution >= 0.6 is 11.3 Å². The number of H-pyrrole nitrogens is 1. The van der Waals surface area contributed by atoms with Crippen molar-refractivity contribution in [3.8, 4) is 10.6 Å². The first-order chi connectivity index (χ1) is 11.0. The van der Waals surface area contributed by atoms with E-state index in [1.165, 1.54) is 0 Å². The molecule has 23 heavy (non-hydrogen) atoms. The van der Waals surface area contributed by atoms with Crippen LogP contribution in [0, 0.1) is 5.41 Å². The van der Waals surface area contributed by atoms with E-state index >= 15 is 0 Å². The first kappa shape index (κ1) is 15.8. The Hall–Kier alpha value is -2.12. The van der Waals surface area contributed by atoms with Gasteiger partial charge in [0.25, 0.3) is 0 Å². The lowest BCUT2D eigenvalue weighted by Crippen LogP contribution is -2.26. The Labute approximate surface area is 139 Å². The molecule has 0 saturated heterocycles. The molecule has 0 bridgehead atoms. The van der Waals surface area contributed by atoms with Crippen LogP contribution in [0.3, 0.4) is 0 Å².